The molecule has 2 N–H and O–H groups in total. The summed E-state index contributed by atoms with van der Waals surface area (Å²) >= 11 is 0. The van der Waals surface area contributed by atoms with Crippen molar-refractivity contribution in [3.05, 3.63) is 35.9 Å². The Morgan fingerprint density at radius 3 is 2.42 bits per heavy atom. The van der Waals surface area contributed by atoms with E-state index in [1.807, 2.05) is 13.0 Å². The van der Waals surface area contributed by atoms with Crippen molar-refractivity contribution in [3.63, 3.8) is 0 Å². The normalized spacial score (nSPS) is 13.6. The number of carboxylic acids is 1. The highest BCUT2D eigenvalue weighted by molar-refractivity contribution is 5.84. The highest BCUT2D eigenvalue weighted by Gasteiger charge is 2.22. The molecule has 0 aliphatic carbocycles. The van der Waals surface area contributed by atoms with Gasteiger partial charge in [0.2, 0.25) is 5.91 Å². The second kappa shape index (κ2) is 7.56. The Hall–Kier alpha value is -1.84. The Bertz CT molecular complexity index is 417. The van der Waals surface area contributed by atoms with Crippen LogP contribution in [0.5, 0.6) is 0 Å². The van der Waals surface area contributed by atoms with Crippen molar-refractivity contribution in [2.45, 2.75) is 39.2 Å². The summed E-state index contributed by atoms with van der Waals surface area (Å²) < 4.78 is 0. The highest BCUT2D eigenvalue weighted by atomic mass is 16.4. The summed E-state index contributed by atoms with van der Waals surface area (Å²) in [6.07, 6.45) is 2.36. The molecule has 4 nitrogen and oxygen atoms in total. The number of aliphatic carboxylic acids is 1. The number of rotatable bonds is 7. The van der Waals surface area contributed by atoms with E-state index < -0.39 is 12.0 Å². The minimum Gasteiger partial charge on any atom is -0.479 e. The lowest BCUT2D eigenvalue weighted by Gasteiger charge is -2.16. The smallest absolute Gasteiger partial charge is 0.330 e. The number of hydrogen-bond donors (Lipinski definition) is 2. The van der Waals surface area contributed by atoms with Gasteiger partial charge in [-0.25, -0.2) is 4.79 Å². The summed E-state index contributed by atoms with van der Waals surface area (Å²) in [5.41, 5.74) is 0.589. The minimum atomic E-state index is -1.04. The summed E-state index contributed by atoms with van der Waals surface area (Å²) in [6.45, 7) is 4.07. The molecule has 0 bridgehead atoms. The van der Waals surface area contributed by atoms with E-state index in [1.54, 1.807) is 24.3 Å². The summed E-state index contributed by atoms with van der Waals surface area (Å²) in [5, 5.41) is 11.8. The molecule has 1 aromatic carbocycles. The molecule has 1 aromatic rings. The molecule has 0 saturated carbocycles. The molecule has 0 heterocycles. The lowest BCUT2D eigenvalue weighted by atomic mass is 10.0. The maximum atomic E-state index is 11.8. The van der Waals surface area contributed by atoms with Gasteiger partial charge in [0.1, 0.15) is 0 Å². The first-order valence-electron chi connectivity index (χ1n) is 6.61. The Labute approximate surface area is 113 Å². The van der Waals surface area contributed by atoms with Crippen LogP contribution in [0.25, 0.3) is 0 Å². The molecular formula is C15H21NO3. The van der Waals surface area contributed by atoms with Crippen molar-refractivity contribution in [3.8, 4) is 0 Å². The van der Waals surface area contributed by atoms with Gasteiger partial charge in [-0.1, -0.05) is 57.0 Å². The highest BCUT2D eigenvalue weighted by Crippen LogP contribution is 2.15. The van der Waals surface area contributed by atoms with Crippen molar-refractivity contribution in [1.29, 1.82) is 0 Å². The molecule has 0 fully saturated rings. The zero-order valence-electron chi connectivity index (χ0n) is 11.4. The van der Waals surface area contributed by atoms with Crippen LogP contribution in [-0.2, 0) is 9.59 Å². The van der Waals surface area contributed by atoms with Crippen LogP contribution >= 0.6 is 0 Å². The van der Waals surface area contributed by atoms with Gasteiger partial charge in [0.25, 0.3) is 0 Å². The van der Waals surface area contributed by atoms with Gasteiger partial charge in [0.05, 0.1) is 0 Å². The van der Waals surface area contributed by atoms with Crippen LogP contribution in [0.3, 0.4) is 0 Å². The second-order valence-electron chi connectivity index (χ2n) is 4.85. The molecule has 104 valence electrons. The van der Waals surface area contributed by atoms with Crippen molar-refractivity contribution in [2.75, 3.05) is 0 Å². The summed E-state index contributed by atoms with van der Waals surface area (Å²) in [7, 11) is 0. The SMILES string of the molecule is CCCC(C)CC(=O)N[C@@H](C(=O)O)c1ccccc1. The quantitative estimate of drug-likeness (QED) is 0.795. The van der Waals surface area contributed by atoms with Crippen LogP contribution in [0, 0.1) is 5.92 Å². The Morgan fingerprint density at radius 1 is 1.26 bits per heavy atom. The van der Waals surface area contributed by atoms with E-state index in [2.05, 4.69) is 12.2 Å². The number of carbonyl (C=O) groups is 2. The predicted molar refractivity (Wildman–Crippen MR) is 73.7 cm³/mol. The van der Waals surface area contributed by atoms with Crippen molar-refractivity contribution in [2.24, 2.45) is 5.92 Å². The third kappa shape index (κ3) is 5.12. The molecule has 1 unspecified atom stereocenters. The van der Waals surface area contributed by atoms with Gasteiger partial charge in [0, 0.05) is 6.42 Å². The first kappa shape index (κ1) is 15.2. The molecule has 0 aromatic heterocycles. The lowest BCUT2D eigenvalue weighted by molar-refractivity contribution is -0.142. The standard InChI is InChI=1S/C15H21NO3/c1-3-7-11(2)10-13(17)16-14(15(18)19)12-8-5-4-6-9-12/h4-6,8-9,11,14H,3,7,10H2,1-2H3,(H,16,17)(H,18,19)/t11?,14-/m1/s1. The van der Waals surface area contributed by atoms with Crippen molar-refractivity contribution >= 4 is 11.9 Å². The van der Waals surface area contributed by atoms with E-state index in [4.69, 9.17) is 0 Å². The fourth-order valence-electron chi connectivity index (χ4n) is 2.06. The van der Waals surface area contributed by atoms with Crippen LogP contribution in [-0.4, -0.2) is 17.0 Å². The van der Waals surface area contributed by atoms with E-state index in [0.29, 0.717) is 12.0 Å². The van der Waals surface area contributed by atoms with E-state index in [-0.39, 0.29) is 11.8 Å². The average molecular weight is 263 g/mol. The van der Waals surface area contributed by atoms with Gasteiger partial charge < -0.3 is 10.4 Å². The number of hydrogen-bond acceptors (Lipinski definition) is 2. The first-order valence-corrected chi connectivity index (χ1v) is 6.61. The van der Waals surface area contributed by atoms with Crippen LogP contribution in [0.15, 0.2) is 30.3 Å². The summed E-state index contributed by atoms with van der Waals surface area (Å²) in [6, 6.07) is 7.77. The average Bonchev–Trinajstić information content (AvgIpc) is 2.37. The fourth-order valence-corrected chi connectivity index (χ4v) is 2.06. The zero-order valence-corrected chi connectivity index (χ0v) is 11.4. The molecule has 1 rings (SSSR count). The molecule has 0 aliphatic rings. The lowest BCUT2D eigenvalue weighted by Crippen LogP contribution is -2.34. The monoisotopic (exact) mass is 263 g/mol. The fraction of sp³-hybridized carbons (Fsp3) is 0.467. The predicted octanol–water partition coefficient (Wildman–Crippen LogP) is 2.75. The number of nitrogens with one attached hydrogen (secondary N) is 1. The minimum absolute atomic E-state index is 0.211. The van der Waals surface area contributed by atoms with Crippen LogP contribution in [0.2, 0.25) is 0 Å². The molecule has 0 aliphatic heterocycles. The first-order chi connectivity index (χ1) is 9.04. The Morgan fingerprint density at radius 2 is 1.89 bits per heavy atom. The van der Waals surface area contributed by atoms with Crippen LogP contribution in [0.1, 0.15) is 44.7 Å². The van der Waals surface area contributed by atoms with E-state index >= 15 is 0 Å². The topological polar surface area (TPSA) is 66.4 Å². The van der Waals surface area contributed by atoms with Gasteiger partial charge in [-0.05, 0) is 11.5 Å². The van der Waals surface area contributed by atoms with Crippen LogP contribution < -0.4 is 5.32 Å². The number of carbonyl (C=O) groups excluding carboxylic acids is 1. The Kier molecular flexibility index (Phi) is 6.06. The zero-order chi connectivity index (χ0) is 14.3. The molecule has 19 heavy (non-hydrogen) atoms. The molecule has 2 atom stereocenters. The van der Waals surface area contributed by atoms with E-state index in [9.17, 15) is 14.7 Å². The Balaban J connectivity index is 2.65. The number of benzene rings is 1. The molecule has 1 amide bonds. The molecular weight excluding hydrogens is 242 g/mol. The van der Waals surface area contributed by atoms with Gasteiger partial charge in [-0.3, -0.25) is 4.79 Å². The number of carboxylic acid groups (broad SMARTS) is 1. The van der Waals surface area contributed by atoms with Crippen molar-refractivity contribution in [1.82, 2.24) is 5.32 Å². The van der Waals surface area contributed by atoms with Gasteiger partial charge in [-0.2, -0.15) is 0 Å². The largest absolute Gasteiger partial charge is 0.479 e. The summed E-state index contributed by atoms with van der Waals surface area (Å²) in [4.78, 5) is 23.1. The van der Waals surface area contributed by atoms with Gasteiger partial charge in [-0.15, -0.1) is 0 Å². The molecule has 0 saturated heterocycles. The molecule has 0 spiro atoms. The van der Waals surface area contributed by atoms with E-state index in [0.717, 1.165) is 12.8 Å². The number of amides is 1. The van der Waals surface area contributed by atoms with Gasteiger partial charge >= 0.3 is 5.97 Å². The van der Waals surface area contributed by atoms with E-state index in [1.165, 1.54) is 0 Å². The molecule has 0 radical (unpaired) electrons. The third-order valence-corrected chi connectivity index (χ3v) is 3.00. The molecule has 4 heteroatoms. The second-order valence-corrected chi connectivity index (χ2v) is 4.85. The maximum absolute atomic E-state index is 11.8. The maximum Gasteiger partial charge on any atom is 0.330 e. The van der Waals surface area contributed by atoms with Crippen molar-refractivity contribution < 1.29 is 14.7 Å². The van der Waals surface area contributed by atoms with Crippen LogP contribution in [0.4, 0.5) is 0 Å². The van der Waals surface area contributed by atoms with Gasteiger partial charge in [0.15, 0.2) is 6.04 Å². The third-order valence-electron chi connectivity index (χ3n) is 3.00. The summed E-state index contributed by atoms with van der Waals surface area (Å²) in [5.74, 6) is -0.977.